The van der Waals surface area contributed by atoms with E-state index in [-0.39, 0.29) is 0 Å². The molecule has 0 saturated heterocycles. The third kappa shape index (κ3) is 6.91. The van der Waals surface area contributed by atoms with Crippen LogP contribution in [0.5, 0.6) is 0 Å². The molecule has 19 aromatic rings. The van der Waals surface area contributed by atoms with E-state index in [1.54, 1.807) is 0 Å². The van der Waals surface area contributed by atoms with Crippen LogP contribution in [-0.2, 0) is 0 Å². The Kier molecular flexibility index (Phi) is 10.6. The van der Waals surface area contributed by atoms with Gasteiger partial charge in [0.05, 0.1) is 0 Å². The first-order valence-corrected chi connectivity index (χ1v) is 30.7. The second-order valence-electron chi connectivity index (χ2n) is 23.9. The molecule has 0 aliphatic heterocycles. The van der Waals surface area contributed by atoms with Crippen LogP contribution in [0, 0.1) is 0 Å². The Balaban J connectivity index is 1.07. The van der Waals surface area contributed by atoms with Crippen LogP contribution in [0.15, 0.2) is 315 Å². The molecule has 0 bridgehead atoms. The molecule has 0 radical (unpaired) electrons. The second kappa shape index (κ2) is 19.0. The molecule has 0 heterocycles. The van der Waals surface area contributed by atoms with Gasteiger partial charge in [-0.15, -0.1) is 0 Å². The van der Waals surface area contributed by atoms with Crippen LogP contribution >= 0.6 is 0 Å². The van der Waals surface area contributed by atoms with Crippen molar-refractivity contribution in [2.24, 2.45) is 0 Å². The second-order valence-corrected chi connectivity index (χ2v) is 23.9. The smallest absolute Gasteiger partial charge is 0.000695 e. The van der Waals surface area contributed by atoms with E-state index in [4.69, 9.17) is 0 Å². The van der Waals surface area contributed by atoms with Crippen LogP contribution in [0.3, 0.4) is 0 Å². The Hall–Kier alpha value is -11.4. The summed E-state index contributed by atoms with van der Waals surface area (Å²) in [4.78, 5) is 0. The van der Waals surface area contributed by atoms with E-state index >= 15 is 0 Å². The molecule has 0 unspecified atom stereocenters. The third-order valence-electron chi connectivity index (χ3n) is 19.5. The van der Waals surface area contributed by atoms with Gasteiger partial charge >= 0.3 is 0 Å². The zero-order chi connectivity index (χ0) is 57.6. The summed E-state index contributed by atoms with van der Waals surface area (Å²) in [5.41, 5.74) is 19.6. The van der Waals surface area contributed by atoms with E-state index in [0.29, 0.717) is 0 Å². The molecular weight excluding hydrogens is 1060 g/mol. The predicted octanol–water partition coefficient (Wildman–Crippen LogP) is 24.9. The van der Waals surface area contributed by atoms with Crippen molar-refractivity contribution in [1.82, 2.24) is 0 Å². The quantitative estimate of drug-likeness (QED) is 0.105. The highest BCUT2D eigenvalue weighted by Crippen LogP contribution is 2.59. The third-order valence-corrected chi connectivity index (χ3v) is 19.5. The van der Waals surface area contributed by atoms with Crippen molar-refractivity contribution in [3.63, 3.8) is 0 Å². The van der Waals surface area contributed by atoms with Gasteiger partial charge in [0.15, 0.2) is 0 Å². The van der Waals surface area contributed by atoms with Crippen LogP contribution in [-0.4, -0.2) is 0 Å². The van der Waals surface area contributed by atoms with E-state index in [9.17, 15) is 0 Å². The fourth-order valence-electron chi connectivity index (χ4n) is 16.0. The van der Waals surface area contributed by atoms with E-state index in [2.05, 4.69) is 315 Å². The number of hydrogen-bond donors (Lipinski definition) is 0. The molecule has 0 atom stereocenters. The summed E-state index contributed by atoms with van der Waals surface area (Å²) in [6.45, 7) is 0. The van der Waals surface area contributed by atoms with Gasteiger partial charge in [-0.25, -0.2) is 0 Å². The van der Waals surface area contributed by atoms with Crippen molar-refractivity contribution in [2.75, 3.05) is 0 Å². The first-order valence-electron chi connectivity index (χ1n) is 30.7. The molecule has 19 rings (SSSR count). The lowest BCUT2D eigenvalue weighted by Crippen LogP contribution is -1.94. The summed E-state index contributed by atoms with van der Waals surface area (Å²) in [5.74, 6) is 0. The zero-order valence-electron chi connectivity index (χ0n) is 48.0. The number of fused-ring (bicyclic) bond motifs is 10. The van der Waals surface area contributed by atoms with Gasteiger partial charge in [-0.2, -0.15) is 0 Å². The minimum absolute atomic E-state index is 1.20. The maximum absolute atomic E-state index is 2.59. The zero-order valence-corrected chi connectivity index (χ0v) is 48.0. The lowest BCUT2D eigenvalue weighted by atomic mass is 9.80. The van der Waals surface area contributed by atoms with Crippen LogP contribution in [0.25, 0.3) is 197 Å². The molecule has 0 nitrogen and oxygen atoms in total. The van der Waals surface area contributed by atoms with Crippen molar-refractivity contribution in [2.45, 2.75) is 0 Å². The van der Waals surface area contributed by atoms with E-state index in [1.165, 1.54) is 197 Å². The van der Waals surface area contributed by atoms with Crippen molar-refractivity contribution in [1.29, 1.82) is 0 Å². The maximum Gasteiger partial charge on any atom is -0.000695 e. The predicted molar refractivity (Wildman–Crippen MR) is 379 cm³/mol. The number of hydrogen-bond acceptors (Lipinski definition) is 0. The monoisotopic (exact) mass is 1110 g/mol. The highest BCUT2D eigenvalue weighted by Gasteiger charge is 2.30. The van der Waals surface area contributed by atoms with Crippen LogP contribution in [0.4, 0.5) is 0 Å². The summed E-state index contributed by atoms with van der Waals surface area (Å²) in [7, 11) is 0. The first-order chi connectivity index (χ1) is 43.7. The van der Waals surface area contributed by atoms with Crippen LogP contribution in [0.1, 0.15) is 0 Å². The van der Waals surface area contributed by atoms with E-state index in [1.807, 2.05) is 0 Å². The lowest BCUT2D eigenvalue weighted by Gasteiger charge is -2.22. The van der Waals surface area contributed by atoms with Crippen LogP contribution < -0.4 is 0 Å². The summed E-state index contributed by atoms with van der Waals surface area (Å²) in [5, 5.41) is 25.7. The Labute approximate surface area is 509 Å². The SMILES string of the molecule is c1ccc(-c2ccccc2-c2ccc3c4c2cc2c5ccc(-c6ccccc6)c6c(-c7ccccc7)ccc(c65)c2c4c2cccc4c(-c5ccccc5-c5ccccc5)c5c6ccc(-c7ccccc7)c7c(-c8ccccc8)ccc(c76)c5c3c42)cc1. The lowest BCUT2D eigenvalue weighted by molar-refractivity contribution is 1.60. The van der Waals surface area contributed by atoms with Gasteiger partial charge in [0.25, 0.3) is 0 Å². The van der Waals surface area contributed by atoms with E-state index < -0.39 is 0 Å². The summed E-state index contributed by atoms with van der Waals surface area (Å²) >= 11 is 0. The topological polar surface area (TPSA) is 0 Å². The molecule has 0 aliphatic carbocycles. The Morgan fingerprint density at radius 3 is 0.875 bits per heavy atom. The molecule has 0 heteroatoms. The van der Waals surface area contributed by atoms with Crippen molar-refractivity contribution in [3.8, 4) is 89.0 Å². The van der Waals surface area contributed by atoms with Gasteiger partial charge in [0.2, 0.25) is 0 Å². The van der Waals surface area contributed by atoms with Gasteiger partial charge in [0.1, 0.15) is 0 Å². The minimum atomic E-state index is 1.20. The average Bonchev–Trinajstić information content (AvgIpc) is 1.41. The maximum atomic E-state index is 2.59. The molecular formula is C88H52. The molecule has 0 N–H and O–H groups in total. The Morgan fingerprint density at radius 2 is 0.398 bits per heavy atom. The largest absolute Gasteiger partial charge is 0.0622 e. The van der Waals surface area contributed by atoms with E-state index in [0.717, 1.165) is 0 Å². The summed E-state index contributed by atoms with van der Waals surface area (Å²) in [6, 6.07) is 119. The molecule has 0 fully saturated rings. The molecule has 0 amide bonds. The Morgan fingerprint density at radius 1 is 0.114 bits per heavy atom. The van der Waals surface area contributed by atoms with Crippen LogP contribution in [0.2, 0.25) is 0 Å². The number of rotatable bonds is 8. The molecule has 88 heavy (non-hydrogen) atoms. The fraction of sp³-hybridized carbons (Fsp3) is 0. The number of benzene rings is 17. The van der Waals surface area contributed by atoms with Crippen molar-refractivity contribution >= 4 is 108 Å². The molecule has 0 aromatic heterocycles. The molecule has 0 saturated carbocycles. The van der Waals surface area contributed by atoms with Crippen molar-refractivity contribution < 1.29 is 0 Å². The van der Waals surface area contributed by atoms with Gasteiger partial charge in [-0.05, 0) is 203 Å². The molecule has 0 spiro atoms. The average molecular weight is 1110 g/mol. The highest BCUT2D eigenvalue weighted by atomic mass is 14.3. The van der Waals surface area contributed by atoms with Gasteiger partial charge < -0.3 is 0 Å². The molecule has 19 aromatic carbocycles. The molecule has 0 aliphatic rings. The standard InChI is InChI=1S/C88H52/c1-7-24-53(25-8-1)59-36-19-21-38-65(59)66-46-51-74-84-75(66)52-76-68-47-42-61(55-28-11-3-12-29-55)77-62(56-30-13-4-14-31-56)43-48-71(79(68)77)83(76)85(84)70-41-23-40-69-80(67-39-22-20-37-60(67)54-26-9-2-10-27-54)86-72-49-44-63(57-32-15-5-16-33-57)78-64(58-34-17-6-18-35-58)45-50-73(81(72)78)88(86)87(74)82(69)70/h1-52H. The summed E-state index contributed by atoms with van der Waals surface area (Å²) in [6.07, 6.45) is 0. The molecule has 404 valence electrons. The summed E-state index contributed by atoms with van der Waals surface area (Å²) < 4.78 is 0. The van der Waals surface area contributed by atoms with Gasteiger partial charge in [0, 0.05) is 0 Å². The first kappa shape index (κ1) is 48.9. The van der Waals surface area contributed by atoms with Crippen molar-refractivity contribution in [3.05, 3.63) is 315 Å². The fourth-order valence-corrected chi connectivity index (χ4v) is 16.0. The minimum Gasteiger partial charge on any atom is -0.0622 e. The van der Waals surface area contributed by atoms with Gasteiger partial charge in [-0.3, -0.25) is 0 Å². The highest BCUT2D eigenvalue weighted by molar-refractivity contribution is 6.53. The Bertz CT molecular complexity index is 5850. The van der Waals surface area contributed by atoms with Gasteiger partial charge in [-0.1, -0.05) is 309 Å². The normalized spacial score (nSPS) is 12.1.